The second-order valence-corrected chi connectivity index (χ2v) is 5.59. The molecule has 0 amide bonds. The lowest BCUT2D eigenvalue weighted by molar-refractivity contribution is 0.425. The lowest BCUT2D eigenvalue weighted by atomic mass is 10.0. The third-order valence-corrected chi connectivity index (χ3v) is 4.39. The fourth-order valence-corrected chi connectivity index (χ4v) is 3.16. The number of hydrogen-bond donors (Lipinski definition) is 2. The molecular weight excluding hydrogens is 228 g/mol. The average Bonchev–Trinajstić information content (AvgIpc) is 2.28. The molecule has 0 aliphatic carbocycles. The van der Waals surface area contributed by atoms with Crippen molar-refractivity contribution in [3.05, 3.63) is 53.6 Å². The molecule has 3 heteroatoms. The first-order valence-electron chi connectivity index (χ1n) is 5.62. The van der Waals surface area contributed by atoms with E-state index >= 15 is 0 Å². The first-order chi connectivity index (χ1) is 8.09. The molecule has 0 aliphatic rings. The third kappa shape index (κ3) is 2.47. The fraction of sp³-hybridized carbons (Fsp3) is 0.143. The normalized spacial score (nSPS) is 10.9. The van der Waals surface area contributed by atoms with Crippen molar-refractivity contribution in [3.63, 3.8) is 0 Å². The first kappa shape index (κ1) is 12.0. The summed E-state index contributed by atoms with van der Waals surface area (Å²) in [7, 11) is -2.72. The molecule has 2 nitrogen and oxygen atoms in total. The molecule has 0 saturated carbocycles. The largest absolute Gasteiger partial charge is 0.410 e. The maximum atomic E-state index is 9.44. The first-order valence-corrected chi connectivity index (χ1v) is 7.23. The summed E-state index contributed by atoms with van der Waals surface area (Å²) in [6.07, 6.45) is 0. The van der Waals surface area contributed by atoms with Gasteiger partial charge in [-0.15, -0.1) is 0 Å². The van der Waals surface area contributed by atoms with Crippen LogP contribution in [0, 0.1) is 13.8 Å². The molecule has 0 heterocycles. The lowest BCUT2D eigenvalue weighted by Gasteiger charge is -2.13. The number of aryl methyl sites for hydroxylation is 2. The smallest absolute Gasteiger partial charge is 0.351 e. The Hall–Kier alpha value is -1.42. The molecule has 0 aliphatic heterocycles. The van der Waals surface area contributed by atoms with Crippen LogP contribution in [0.2, 0.25) is 0 Å². The van der Waals surface area contributed by atoms with Crippen molar-refractivity contribution in [1.29, 1.82) is 0 Å². The lowest BCUT2D eigenvalue weighted by Crippen LogP contribution is -2.34. The van der Waals surface area contributed by atoms with E-state index in [9.17, 15) is 9.59 Å². The summed E-state index contributed by atoms with van der Waals surface area (Å²) in [5.41, 5.74) is 4.20. The highest BCUT2D eigenvalue weighted by atomic mass is 28.3. The van der Waals surface area contributed by atoms with Crippen molar-refractivity contribution in [2.24, 2.45) is 0 Å². The molecule has 0 saturated heterocycles. The minimum Gasteiger partial charge on any atom is -0.410 e. The van der Waals surface area contributed by atoms with Gasteiger partial charge >= 0.3 is 9.28 Å². The molecule has 0 bridgehead atoms. The Bertz CT molecular complexity index is 498. The van der Waals surface area contributed by atoms with E-state index in [0.29, 0.717) is 0 Å². The van der Waals surface area contributed by atoms with Crippen LogP contribution < -0.4 is 5.19 Å². The predicted molar refractivity (Wildman–Crippen MR) is 72.6 cm³/mol. The Morgan fingerprint density at radius 2 is 1.35 bits per heavy atom. The highest BCUT2D eigenvalue weighted by Gasteiger charge is 2.14. The van der Waals surface area contributed by atoms with Gasteiger partial charge in [-0.1, -0.05) is 42.5 Å². The molecule has 2 aromatic carbocycles. The molecule has 0 unspecified atom stereocenters. The van der Waals surface area contributed by atoms with E-state index in [-0.39, 0.29) is 0 Å². The Labute approximate surface area is 103 Å². The van der Waals surface area contributed by atoms with E-state index in [1.54, 1.807) is 0 Å². The highest BCUT2D eigenvalue weighted by molar-refractivity contribution is 6.59. The van der Waals surface area contributed by atoms with Gasteiger partial charge in [-0.25, -0.2) is 0 Å². The fourth-order valence-electron chi connectivity index (χ4n) is 2.18. The molecular formula is C14H16O2Si. The second kappa shape index (κ2) is 4.83. The topological polar surface area (TPSA) is 40.5 Å². The van der Waals surface area contributed by atoms with E-state index < -0.39 is 9.28 Å². The summed E-state index contributed by atoms with van der Waals surface area (Å²) in [5, 5.41) is 0.740. The van der Waals surface area contributed by atoms with E-state index in [0.717, 1.165) is 27.4 Å². The maximum Gasteiger partial charge on any atom is 0.351 e. The Morgan fingerprint density at radius 1 is 0.824 bits per heavy atom. The average molecular weight is 244 g/mol. The number of benzene rings is 2. The molecule has 88 valence electrons. The van der Waals surface area contributed by atoms with Crippen LogP contribution >= 0.6 is 0 Å². The quantitative estimate of drug-likeness (QED) is 0.784. The summed E-state index contributed by atoms with van der Waals surface area (Å²) < 4.78 is 0. The van der Waals surface area contributed by atoms with E-state index in [1.807, 2.05) is 44.2 Å². The van der Waals surface area contributed by atoms with Crippen molar-refractivity contribution in [2.45, 2.75) is 13.8 Å². The third-order valence-electron chi connectivity index (χ3n) is 2.96. The monoisotopic (exact) mass is 244 g/mol. The zero-order valence-electron chi connectivity index (χ0n) is 10.0. The summed E-state index contributed by atoms with van der Waals surface area (Å²) in [6.45, 7) is 3.86. The van der Waals surface area contributed by atoms with Gasteiger partial charge in [0, 0.05) is 0 Å². The van der Waals surface area contributed by atoms with Crippen LogP contribution in [0.4, 0.5) is 0 Å². The summed E-state index contributed by atoms with van der Waals surface area (Å²) >= 11 is 0. The molecule has 0 fully saturated rings. The van der Waals surface area contributed by atoms with Gasteiger partial charge in [-0.05, 0) is 41.3 Å². The Balaban J connectivity index is 2.53. The zero-order chi connectivity index (χ0) is 12.4. The molecule has 2 N–H and O–H groups in total. The van der Waals surface area contributed by atoms with Gasteiger partial charge in [0.15, 0.2) is 0 Å². The van der Waals surface area contributed by atoms with Gasteiger partial charge in [0.2, 0.25) is 0 Å². The van der Waals surface area contributed by atoms with Gasteiger partial charge in [0.25, 0.3) is 0 Å². The minimum atomic E-state index is -2.72. The van der Waals surface area contributed by atoms with Gasteiger partial charge in [-0.2, -0.15) is 0 Å². The number of rotatable bonds is 2. The highest BCUT2D eigenvalue weighted by Crippen LogP contribution is 2.20. The van der Waals surface area contributed by atoms with E-state index in [1.165, 1.54) is 0 Å². The minimum absolute atomic E-state index is 0.740. The van der Waals surface area contributed by atoms with Gasteiger partial charge in [0.1, 0.15) is 0 Å². The maximum absolute atomic E-state index is 9.44. The van der Waals surface area contributed by atoms with Gasteiger partial charge < -0.3 is 9.59 Å². The van der Waals surface area contributed by atoms with Crippen LogP contribution in [0.3, 0.4) is 0 Å². The van der Waals surface area contributed by atoms with Gasteiger partial charge in [0.05, 0.1) is 0 Å². The molecule has 0 atom stereocenters. The van der Waals surface area contributed by atoms with Crippen LogP contribution in [-0.4, -0.2) is 18.9 Å². The molecule has 2 aromatic rings. The van der Waals surface area contributed by atoms with Crippen molar-refractivity contribution in [1.82, 2.24) is 0 Å². The Morgan fingerprint density at radius 3 is 1.82 bits per heavy atom. The van der Waals surface area contributed by atoms with Crippen LogP contribution in [0.1, 0.15) is 11.1 Å². The molecule has 0 aromatic heterocycles. The molecule has 0 radical (unpaired) electrons. The van der Waals surface area contributed by atoms with Crippen LogP contribution in [0.25, 0.3) is 11.1 Å². The van der Waals surface area contributed by atoms with Crippen LogP contribution in [-0.2, 0) is 0 Å². The second-order valence-electron chi connectivity index (χ2n) is 4.26. The van der Waals surface area contributed by atoms with Gasteiger partial charge in [-0.3, -0.25) is 0 Å². The zero-order valence-corrected chi connectivity index (χ0v) is 11.2. The summed E-state index contributed by atoms with van der Waals surface area (Å²) in [6, 6.07) is 14.1. The molecule has 17 heavy (non-hydrogen) atoms. The SMILES string of the molecule is Cc1cc(-c2ccccc2)cc(C)c1[SiH](O)O. The summed E-state index contributed by atoms with van der Waals surface area (Å²) in [4.78, 5) is 18.9. The van der Waals surface area contributed by atoms with Crippen LogP contribution in [0.5, 0.6) is 0 Å². The van der Waals surface area contributed by atoms with Crippen molar-refractivity contribution in [3.8, 4) is 11.1 Å². The van der Waals surface area contributed by atoms with E-state index in [2.05, 4.69) is 12.1 Å². The van der Waals surface area contributed by atoms with Crippen molar-refractivity contribution in [2.75, 3.05) is 0 Å². The Kier molecular flexibility index (Phi) is 3.42. The molecule has 2 rings (SSSR count). The summed E-state index contributed by atoms with van der Waals surface area (Å²) in [5.74, 6) is 0. The van der Waals surface area contributed by atoms with Crippen LogP contribution in [0.15, 0.2) is 42.5 Å². The standard InChI is InChI=1S/C14H16O2Si/c1-10-8-13(12-6-4-3-5-7-12)9-11(2)14(10)17(15)16/h3-9,15-17H,1-2H3. The van der Waals surface area contributed by atoms with Crippen molar-refractivity contribution < 1.29 is 9.59 Å². The predicted octanol–water partition coefficient (Wildman–Crippen LogP) is 1.38. The molecule has 0 spiro atoms. The van der Waals surface area contributed by atoms with E-state index in [4.69, 9.17) is 0 Å². The number of hydrogen-bond acceptors (Lipinski definition) is 2. The van der Waals surface area contributed by atoms with Crippen molar-refractivity contribution >= 4 is 14.5 Å².